The zero-order valence-electron chi connectivity index (χ0n) is 13.3. The molecule has 0 saturated heterocycles. The van der Waals surface area contributed by atoms with E-state index in [1.807, 2.05) is 32.0 Å². The van der Waals surface area contributed by atoms with Crippen LogP contribution >= 0.6 is 0 Å². The van der Waals surface area contributed by atoms with E-state index in [0.29, 0.717) is 17.0 Å². The molecule has 0 fully saturated rings. The van der Waals surface area contributed by atoms with E-state index in [2.05, 4.69) is 5.32 Å². The lowest BCUT2D eigenvalue weighted by Crippen LogP contribution is -2.36. The smallest absolute Gasteiger partial charge is 0.264 e. The molecule has 1 aliphatic rings. The summed E-state index contributed by atoms with van der Waals surface area (Å²) in [6.45, 7) is 3.90. The average molecular weight is 310 g/mol. The Kier molecular flexibility index (Phi) is 3.78. The molecule has 0 atom stereocenters. The molecule has 5 heteroatoms. The minimum atomic E-state index is -0.253. The van der Waals surface area contributed by atoms with Gasteiger partial charge in [0.1, 0.15) is 0 Å². The number of aryl methyl sites for hydroxylation is 2. The number of likely N-dealkylation sites (N-methyl/N-ethyl adjacent to an activating group) is 1. The lowest BCUT2D eigenvalue weighted by molar-refractivity contribution is -0.121. The van der Waals surface area contributed by atoms with Crippen molar-refractivity contribution in [3.63, 3.8) is 0 Å². The van der Waals surface area contributed by atoms with Crippen LogP contribution < -0.4 is 15.0 Å². The Morgan fingerprint density at radius 1 is 1.22 bits per heavy atom. The molecule has 1 N–H and O–H groups in total. The summed E-state index contributed by atoms with van der Waals surface area (Å²) >= 11 is 0. The van der Waals surface area contributed by atoms with Crippen molar-refractivity contribution >= 4 is 23.2 Å². The molecule has 23 heavy (non-hydrogen) atoms. The first-order valence-corrected chi connectivity index (χ1v) is 7.38. The van der Waals surface area contributed by atoms with Gasteiger partial charge in [-0.25, -0.2) is 0 Å². The van der Waals surface area contributed by atoms with Crippen LogP contribution in [0.2, 0.25) is 0 Å². The van der Waals surface area contributed by atoms with Crippen LogP contribution in [0.1, 0.15) is 21.5 Å². The van der Waals surface area contributed by atoms with E-state index in [9.17, 15) is 9.59 Å². The number of hydrogen-bond acceptors (Lipinski definition) is 3. The van der Waals surface area contributed by atoms with Crippen molar-refractivity contribution in [2.45, 2.75) is 13.8 Å². The van der Waals surface area contributed by atoms with Gasteiger partial charge in [-0.2, -0.15) is 0 Å². The summed E-state index contributed by atoms with van der Waals surface area (Å²) in [5, 5.41) is 2.91. The molecule has 0 unspecified atom stereocenters. The second-order valence-corrected chi connectivity index (χ2v) is 5.67. The number of nitrogens with zero attached hydrogens (tertiary/aromatic N) is 1. The zero-order valence-corrected chi connectivity index (χ0v) is 13.3. The van der Waals surface area contributed by atoms with Crippen LogP contribution in [0, 0.1) is 13.8 Å². The Bertz CT molecular complexity index is 799. The Morgan fingerprint density at radius 2 is 2.00 bits per heavy atom. The van der Waals surface area contributed by atoms with Crippen LogP contribution in [0.5, 0.6) is 5.75 Å². The summed E-state index contributed by atoms with van der Waals surface area (Å²) in [5.74, 6) is 0.0536. The lowest BCUT2D eigenvalue weighted by Gasteiger charge is -2.27. The minimum absolute atomic E-state index is 0.0582. The fourth-order valence-electron chi connectivity index (χ4n) is 2.63. The Labute approximate surface area is 134 Å². The van der Waals surface area contributed by atoms with Gasteiger partial charge in [0.15, 0.2) is 12.4 Å². The monoisotopic (exact) mass is 310 g/mol. The zero-order chi connectivity index (χ0) is 16.6. The number of carbonyl (C=O) groups is 2. The number of para-hydroxylation sites is 1. The standard InChI is InChI=1S/C18H18N2O3/c1-11-7-8-14(12(2)9-11)19-18(22)13-5-4-6-15-17(13)23-10-16(21)20(15)3/h4-9H,10H2,1-3H3,(H,19,22). The van der Waals surface area contributed by atoms with Crippen molar-refractivity contribution in [1.29, 1.82) is 0 Å². The summed E-state index contributed by atoms with van der Waals surface area (Å²) in [4.78, 5) is 25.8. The van der Waals surface area contributed by atoms with Gasteiger partial charge in [-0.05, 0) is 37.6 Å². The topological polar surface area (TPSA) is 58.6 Å². The molecule has 5 nitrogen and oxygen atoms in total. The number of anilines is 2. The third-order valence-corrected chi connectivity index (χ3v) is 3.94. The van der Waals surface area contributed by atoms with Crippen LogP contribution in [0.25, 0.3) is 0 Å². The lowest BCUT2D eigenvalue weighted by atomic mass is 10.1. The van der Waals surface area contributed by atoms with Crippen molar-refractivity contribution in [1.82, 2.24) is 0 Å². The number of hydrogen-bond donors (Lipinski definition) is 1. The SMILES string of the molecule is Cc1ccc(NC(=O)c2cccc3c2OCC(=O)N3C)c(C)c1. The number of rotatable bonds is 2. The molecule has 3 rings (SSSR count). The average Bonchev–Trinajstić information content (AvgIpc) is 2.53. The van der Waals surface area contributed by atoms with Crippen molar-refractivity contribution in [2.75, 3.05) is 23.9 Å². The van der Waals surface area contributed by atoms with Crippen molar-refractivity contribution in [3.05, 3.63) is 53.1 Å². The van der Waals surface area contributed by atoms with Gasteiger partial charge in [-0.15, -0.1) is 0 Å². The molecule has 2 aromatic rings. The van der Waals surface area contributed by atoms with E-state index in [4.69, 9.17) is 4.74 Å². The molecule has 0 spiro atoms. The molecule has 0 aliphatic carbocycles. The van der Waals surface area contributed by atoms with Gasteiger partial charge < -0.3 is 15.0 Å². The summed E-state index contributed by atoms with van der Waals surface area (Å²) < 4.78 is 5.49. The van der Waals surface area contributed by atoms with Gasteiger partial charge in [-0.1, -0.05) is 23.8 Å². The number of amides is 2. The molecule has 1 aliphatic heterocycles. The number of ether oxygens (including phenoxy) is 1. The second-order valence-electron chi connectivity index (χ2n) is 5.67. The van der Waals surface area contributed by atoms with Gasteiger partial charge in [-0.3, -0.25) is 9.59 Å². The first-order valence-electron chi connectivity index (χ1n) is 7.38. The van der Waals surface area contributed by atoms with E-state index in [1.54, 1.807) is 25.2 Å². The molecule has 0 saturated carbocycles. The van der Waals surface area contributed by atoms with Crippen LogP contribution in [0.15, 0.2) is 36.4 Å². The van der Waals surface area contributed by atoms with E-state index in [1.165, 1.54) is 4.90 Å². The second kappa shape index (κ2) is 5.76. The number of fused-ring (bicyclic) bond motifs is 1. The van der Waals surface area contributed by atoms with E-state index in [0.717, 1.165) is 16.8 Å². The first-order chi connectivity index (χ1) is 11.0. The summed E-state index contributed by atoms with van der Waals surface area (Å²) in [6.07, 6.45) is 0. The minimum Gasteiger partial charge on any atom is -0.481 e. The van der Waals surface area contributed by atoms with E-state index < -0.39 is 0 Å². The van der Waals surface area contributed by atoms with Gasteiger partial charge in [0.25, 0.3) is 11.8 Å². The van der Waals surface area contributed by atoms with Crippen LogP contribution in [0.4, 0.5) is 11.4 Å². The maximum Gasteiger partial charge on any atom is 0.264 e. The fourth-order valence-corrected chi connectivity index (χ4v) is 2.63. The van der Waals surface area contributed by atoms with E-state index >= 15 is 0 Å². The Morgan fingerprint density at radius 3 is 2.74 bits per heavy atom. The molecule has 118 valence electrons. The van der Waals surface area contributed by atoms with Crippen molar-refractivity contribution in [2.24, 2.45) is 0 Å². The Hall–Kier alpha value is -2.82. The normalized spacial score (nSPS) is 13.3. The Balaban J connectivity index is 1.93. The van der Waals surface area contributed by atoms with Gasteiger partial charge in [0.2, 0.25) is 0 Å². The highest BCUT2D eigenvalue weighted by molar-refractivity contribution is 6.09. The van der Waals surface area contributed by atoms with Crippen LogP contribution in [-0.4, -0.2) is 25.5 Å². The van der Waals surface area contributed by atoms with Gasteiger partial charge >= 0.3 is 0 Å². The predicted octanol–water partition coefficient (Wildman–Crippen LogP) is 2.91. The van der Waals surface area contributed by atoms with Gasteiger partial charge in [0.05, 0.1) is 11.3 Å². The van der Waals surface area contributed by atoms with Crippen LogP contribution in [0.3, 0.4) is 0 Å². The largest absolute Gasteiger partial charge is 0.481 e. The maximum absolute atomic E-state index is 12.6. The quantitative estimate of drug-likeness (QED) is 0.928. The van der Waals surface area contributed by atoms with Crippen LogP contribution in [-0.2, 0) is 4.79 Å². The molecular formula is C18H18N2O3. The number of benzene rings is 2. The summed E-state index contributed by atoms with van der Waals surface area (Å²) in [6, 6.07) is 11.1. The number of carbonyl (C=O) groups excluding carboxylic acids is 2. The van der Waals surface area contributed by atoms with Crippen molar-refractivity contribution < 1.29 is 14.3 Å². The summed E-state index contributed by atoms with van der Waals surface area (Å²) in [5.41, 5.74) is 3.92. The predicted molar refractivity (Wildman–Crippen MR) is 89.2 cm³/mol. The third-order valence-electron chi connectivity index (χ3n) is 3.94. The van der Waals surface area contributed by atoms with Gasteiger partial charge in [0, 0.05) is 12.7 Å². The summed E-state index contributed by atoms with van der Waals surface area (Å²) in [7, 11) is 1.68. The highest BCUT2D eigenvalue weighted by Gasteiger charge is 2.26. The molecule has 2 amide bonds. The molecule has 0 bridgehead atoms. The molecule has 0 aromatic heterocycles. The van der Waals surface area contributed by atoms with Crippen molar-refractivity contribution in [3.8, 4) is 5.75 Å². The first kappa shape index (κ1) is 15.1. The maximum atomic E-state index is 12.6. The highest BCUT2D eigenvalue weighted by atomic mass is 16.5. The number of nitrogens with one attached hydrogen (secondary N) is 1. The van der Waals surface area contributed by atoms with E-state index in [-0.39, 0.29) is 18.4 Å². The molecule has 1 heterocycles. The third kappa shape index (κ3) is 2.77. The molecule has 0 radical (unpaired) electrons. The fraction of sp³-hybridized carbons (Fsp3) is 0.222. The molecule has 2 aromatic carbocycles. The molecular weight excluding hydrogens is 292 g/mol. The highest BCUT2D eigenvalue weighted by Crippen LogP contribution is 2.35.